The summed E-state index contributed by atoms with van der Waals surface area (Å²) in [6, 6.07) is 18.4. The molecule has 0 radical (unpaired) electrons. The van der Waals surface area contributed by atoms with E-state index in [-0.39, 0.29) is 16.4 Å². The summed E-state index contributed by atoms with van der Waals surface area (Å²) >= 11 is 0. The largest absolute Gasteiger partial charge is 0.455 e. The number of anilines is 1. The Hall–Kier alpha value is -3.43. The van der Waals surface area contributed by atoms with Gasteiger partial charge in [0.05, 0.1) is 11.0 Å². The van der Waals surface area contributed by atoms with Gasteiger partial charge < -0.3 is 4.42 Å². The molecular weight excluding hydrogens is 428 g/mol. The number of rotatable bonds is 5. The van der Waals surface area contributed by atoms with Crippen LogP contribution >= 0.6 is 0 Å². The number of furan rings is 1. The smallest absolute Gasteiger partial charge is 0.293 e. The molecule has 32 heavy (non-hydrogen) atoms. The minimum Gasteiger partial charge on any atom is -0.455 e. The zero-order chi connectivity index (χ0) is 22.3. The summed E-state index contributed by atoms with van der Waals surface area (Å²) in [7, 11) is -3.69. The van der Waals surface area contributed by atoms with Crippen molar-refractivity contribution in [1.82, 2.24) is 13.9 Å². The fraction of sp³-hybridized carbons (Fsp3) is 0.217. The highest BCUT2D eigenvalue weighted by atomic mass is 32.2. The Bertz CT molecular complexity index is 1400. The first-order chi connectivity index (χ1) is 15.4. The topological polar surface area (TPSA) is 97.4 Å². The number of hydrogen-bond acceptors (Lipinski definition) is 5. The lowest BCUT2D eigenvalue weighted by Crippen LogP contribution is -2.28. The number of carbonyl (C=O) groups is 1. The second kappa shape index (κ2) is 7.92. The Morgan fingerprint density at radius 3 is 2.47 bits per heavy atom. The number of imidazole rings is 1. The second-order valence-corrected chi connectivity index (χ2v) is 9.60. The average Bonchev–Trinajstić information content (AvgIpc) is 3.53. The van der Waals surface area contributed by atoms with Gasteiger partial charge >= 0.3 is 0 Å². The molecule has 0 saturated carbocycles. The zero-order valence-electron chi connectivity index (χ0n) is 17.5. The summed E-state index contributed by atoms with van der Waals surface area (Å²) in [5.74, 6) is -0.130. The highest BCUT2D eigenvalue weighted by Crippen LogP contribution is 2.28. The molecule has 0 bridgehead atoms. The van der Waals surface area contributed by atoms with E-state index in [2.05, 4.69) is 10.3 Å². The molecule has 2 aromatic heterocycles. The van der Waals surface area contributed by atoms with Crippen molar-refractivity contribution in [3.05, 3.63) is 72.2 Å². The molecule has 1 fully saturated rings. The van der Waals surface area contributed by atoms with Crippen LogP contribution in [0.4, 0.5) is 5.95 Å². The van der Waals surface area contributed by atoms with E-state index in [9.17, 15) is 13.2 Å². The molecule has 0 aliphatic carbocycles. The van der Waals surface area contributed by atoms with Crippen LogP contribution in [0.1, 0.15) is 29.2 Å². The first-order valence-electron chi connectivity index (χ1n) is 10.4. The fourth-order valence-corrected chi connectivity index (χ4v) is 5.69. The van der Waals surface area contributed by atoms with E-state index in [1.807, 2.05) is 59.2 Å². The molecule has 1 N–H and O–H groups in total. The van der Waals surface area contributed by atoms with Gasteiger partial charge in [-0.15, -0.1) is 0 Å². The molecule has 1 saturated heterocycles. The lowest BCUT2D eigenvalue weighted by molar-refractivity contribution is 0.0994. The number of benzene rings is 2. The predicted molar refractivity (Wildman–Crippen MR) is 120 cm³/mol. The van der Waals surface area contributed by atoms with Crippen molar-refractivity contribution < 1.29 is 17.6 Å². The van der Waals surface area contributed by atoms with Gasteiger partial charge in [-0.3, -0.25) is 14.7 Å². The van der Waals surface area contributed by atoms with Gasteiger partial charge in [0, 0.05) is 24.8 Å². The molecule has 4 aromatic rings. The van der Waals surface area contributed by atoms with Gasteiger partial charge in [0.2, 0.25) is 16.0 Å². The fourth-order valence-electron chi connectivity index (χ4n) is 4.01. The summed E-state index contributed by atoms with van der Waals surface area (Å²) in [6.07, 6.45) is 1.67. The predicted octanol–water partition coefficient (Wildman–Crippen LogP) is 3.96. The number of aromatic nitrogens is 2. The van der Waals surface area contributed by atoms with E-state index in [1.54, 1.807) is 6.92 Å². The number of hydrogen-bond donors (Lipinski definition) is 1. The molecule has 1 aliphatic rings. The van der Waals surface area contributed by atoms with E-state index in [1.165, 1.54) is 10.4 Å². The van der Waals surface area contributed by atoms with Crippen LogP contribution in [-0.2, 0) is 10.0 Å². The van der Waals surface area contributed by atoms with Crippen LogP contribution in [-0.4, -0.2) is 41.3 Å². The minimum absolute atomic E-state index is 0.0288. The van der Waals surface area contributed by atoms with E-state index < -0.39 is 15.9 Å². The van der Waals surface area contributed by atoms with Crippen molar-refractivity contribution in [2.24, 2.45) is 0 Å². The van der Waals surface area contributed by atoms with Gasteiger partial charge in [-0.2, -0.15) is 4.31 Å². The van der Waals surface area contributed by atoms with Gasteiger partial charge in [-0.1, -0.05) is 30.3 Å². The van der Waals surface area contributed by atoms with E-state index in [0.29, 0.717) is 19.0 Å². The van der Waals surface area contributed by atoms with Gasteiger partial charge in [0.1, 0.15) is 10.7 Å². The molecule has 8 nitrogen and oxygen atoms in total. The van der Waals surface area contributed by atoms with Gasteiger partial charge in [-0.05, 0) is 44.0 Å². The number of amides is 1. The van der Waals surface area contributed by atoms with E-state index in [0.717, 1.165) is 29.6 Å². The molecule has 164 valence electrons. The number of sulfonamides is 1. The third kappa shape index (κ3) is 3.49. The Kier molecular flexibility index (Phi) is 5.07. The summed E-state index contributed by atoms with van der Waals surface area (Å²) in [5.41, 5.74) is 2.39. The number of carbonyl (C=O) groups excluding carboxylic acids is 1. The number of fused-ring (bicyclic) bond motifs is 1. The molecule has 0 spiro atoms. The van der Waals surface area contributed by atoms with Crippen molar-refractivity contribution >= 4 is 32.9 Å². The van der Waals surface area contributed by atoms with Crippen LogP contribution in [0.15, 0.2) is 70.0 Å². The summed E-state index contributed by atoms with van der Waals surface area (Å²) in [4.78, 5) is 17.6. The van der Waals surface area contributed by atoms with E-state index in [4.69, 9.17) is 4.42 Å². The summed E-state index contributed by atoms with van der Waals surface area (Å²) in [6.45, 7) is 2.52. The third-order valence-corrected chi connectivity index (χ3v) is 7.59. The van der Waals surface area contributed by atoms with Crippen molar-refractivity contribution in [3.63, 3.8) is 0 Å². The standard InChI is InChI=1S/C23H22N4O4S/c1-16-21(32(29,30)26-13-7-8-14-26)15-20(31-16)22(28)25-23-24-18-11-5-6-12-19(18)27(23)17-9-3-2-4-10-17/h2-6,9-12,15H,7-8,13-14H2,1H3,(H,24,25,28). The maximum atomic E-state index is 13.0. The first kappa shape index (κ1) is 20.5. The summed E-state index contributed by atoms with van der Waals surface area (Å²) in [5, 5.41) is 2.79. The van der Waals surface area contributed by atoms with Crippen molar-refractivity contribution in [2.75, 3.05) is 18.4 Å². The SMILES string of the molecule is Cc1oc(C(=O)Nc2nc3ccccc3n2-c2ccccc2)cc1S(=O)(=O)N1CCCC1. The molecule has 2 aromatic carbocycles. The number of nitrogens with one attached hydrogen (secondary N) is 1. The maximum Gasteiger partial charge on any atom is 0.293 e. The Morgan fingerprint density at radius 2 is 1.72 bits per heavy atom. The quantitative estimate of drug-likeness (QED) is 0.496. The Labute approximate surface area is 185 Å². The molecule has 3 heterocycles. The molecule has 0 atom stereocenters. The normalized spacial score (nSPS) is 14.8. The van der Waals surface area contributed by atoms with Crippen LogP contribution in [0.25, 0.3) is 16.7 Å². The monoisotopic (exact) mass is 450 g/mol. The van der Waals surface area contributed by atoms with Crippen LogP contribution in [0.2, 0.25) is 0 Å². The van der Waals surface area contributed by atoms with Crippen molar-refractivity contribution in [1.29, 1.82) is 0 Å². The number of nitrogens with zero attached hydrogens (tertiary/aromatic N) is 3. The Balaban J connectivity index is 1.50. The van der Waals surface area contributed by atoms with Crippen LogP contribution in [0.3, 0.4) is 0 Å². The van der Waals surface area contributed by atoms with Crippen LogP contribution in [0, 0.1) is 6.92 Å². The summed E-state index contributed by atoms with van der Waals surface area (Å²) < 4.78 is 34.7. The highest BCUT2D eigenvalue weighted by Gasteiger charge is 2.32. The number of aryl methyl sites for hydroxylation is 1. The van der Waals surface area contributed by atoms with Crippen molar-refractivity contribution in [2.45, 2.75) is 24.7 Å². The van der Waals surface area contributed by atoms with Crippen molar-refractivity contribution in [3.8, 4) is 5.69 Å². The molecule has 5 rings (SSSR count). The van der Waals surface area contributed by atoms with Gasteiger partial charge in [0.25, 0.3) is 5.91 Å². The van der Waals surface area contributed by atoms with Crippen LogP contribution in [0.5, 0.6) is 0 Å². The molecule has 0 unspecified atom stereocenters. The number of para-hydroxylation sites is 3. The lowest BCUT2D eigenvalue weighted by Gasteiger charge is -2.14. The van der Waals surface area contributed by atoms with Crippen LogP contribution < -0.4 is 5.32 Å². The molecule has 9 heteroatoms. The van der Waals surface area contributed by atoms with Gasteiger partial charge in [-0.25, -0.2) is 13.4 Å². The highest BCUT2D eigenvalue weighted by molar-refractivity contribution is 7.89. The zero-order valence-corrected chi connectivity index (χ0v) is 18.3. The maximum absolute atomic E-state index is 13.0. The van der Waals surface area contributed by atoms with Gasteiger partial charge in [0.15, 0.2) is 5.76 Å². The van der Waals surface area contributed by atoms with E-state index >= 15 is 0 Å². The molecule has 1 amide bonds. The third-order valence-electron chi connectivity index (χ3n) is 5.58. The molecule has 1 aliphatic heterocycles. The molecular formula is C23H22N4O4S. The second-order valence-electron chi connectivity index (χ2n) is 7.69. The minimum atomic E-state index is -3.69. The lowest BCUT2D eigenvalue weighted by atomic mass is 10.3. The first-order valence-corrected chi connectivity index (χ1v) is 11.8. The Morgan fingerprint density at radius 1 is 1.03 bits per heavy atom. The average molecular weight is 451 g/mol.